The predicted octanol–water partition coefficient (Wildman–Crippen LogP) is 5.28. The number of aliphatic hydroxyl groups is 1. The van der Waals surface area contributed by atoms with E-state index < -0.39 is 47.7 Å². The van der Waals surface area contributed by atoms with Crippen molar-refractivity contribution in [1.29, 1.82) is 0 Å². The van der Waals surface area contributed by atoms with Crippen LogP contribution in [0, 0.1) is 34.5 Å². The van der Waals surface area contributed by atoms with Crippen LogP contribution in [0.15, 0.2) is 18.2 Å². The zero-order valence-corrected chi connectivity index (χ0v) is 32.4. The van der Waals surface area contributed by atoms with Gasteiger partial charge in [0.15, 0.2) is 11.5 Å². The molecule has 0 spiro atoms. The van der Waals surface area contributed by atoms with Gasteiger partial charge < -0.3 is 39.3 Å². The van der Waals surface area contributed by atoms with Crippen molar-refractivity contribution in [1.82, 2.24) is 4.90 Å². The minimum Gasteiger partial charge on any atom is -0.493 e. The van der Waals surface area contributed by atoms with E-state index in [0.717, 1.165) is 12.0 Å². The average molecular weight is 735 g/mol. The number of hydrogen-bond acceptors (Lipinski definition) is 11. The van der Waals surface area contributed by atoms with Crippen LogP contribution in [0.4, 0.5) is 4.79 Å². The molecule has 1 heterocycles. The third kappa shape index (κ3) is 11.8. The number of amides is 2. The number of primary amides is 1. The van der Waals surface area contributed by atoms with Crippen molar-refractivity contribution in [3.05, 3.63) is 23.8 Å². The highest BCUT2D eigenvalue weighted by Crippen LogP contribution is 2.46. The molecule has 1 aromatic rings. The Kier molecular flexibility index (Phi) is 16.2. The van der Waals surface area contributed by atoms with E-state index in [0.29, 0.717) is 63.2 Å². The second-order valence-electron chi connectivity index (χ2n) is 15.7. The second-order valence-corrected chi connectivity index (χ2v) is 15.7. The van der Waals surface area contributed by atoms with E-state index in [2.05, 4.69) is 13.8 Å². The summed E-state index contributed by atoms with van der Waals surface area (Å²) in [6, 6.07) is 5.46. The molecule has 1 saturated heterocycles. The molecule has 4 atom stereocenters. The van der Waals surface area contributed by atoms with Crippen molar-refractivity contribution in [2.24, 2.45) is 40.2 Å². The molecule has 294 valence electrons. The van der Waals surface area contributed by atoms with E-state index in [4.69, 9.17) is 34.2 Å². The standard InChI is InChI=1S/C39H62N2O11/c1-25(2)28(18-27-10-11-32(48-8)34(19-27)49-17-9-16-47-7)20-30-33(21-29(26(3)4)31(43)12-13-38(5,6)35(40)44)50-23-41(30)37(46)52-24-51-36(45)39(22-42)14-15-39/h10-11,19,25-26,28-30,33,42H,9,12-18,20-24H2,1-8H3,(H2,40,44)/t28-,29-,30-,33-/m0/s1. The molecule has 0 aromatic heterocycles. The molecular formula is C39H62N2O11. The van der Waals surface area contributed by atoms with Crippen LogP contribution >= 0.6 is 0 Å². The number of methoxy groups -OCH3 is 2. The maximum absolute atomic E-state index is 13.6. The van der Waals surface area contributed by atoms with Gasteiger partial charge in [-0.1, -0.05) is 47.6 Å². The first-order valence-corrected chi connectivity index (χ1v) is 18.5. The third-order valence-corrected chi connectivity index (χ3v) is 10.8. The molecular weight excluding hydrogens is 672 g/mol. The van der Waals surface area contributed by atoms with Crippen LogP contribution < -0.4 is 15.2 Å². The molecule has 3 rings (SSSR count). The van der Waals surface area contributed by atoms with E-state index in [1.54, 1.807) is 28.1 Å². The highest BCUT2D eigenvalue weighted by Gasteiger charge is 2.51. The first-order chi connectivity index (χ1) is 24.6. The first kappa shape index (κ1) is 43.0. The SMILES string of the molecule is COCCCOc1cc(C[C@@H](C[C@H]2[C@H](C[C@H](C(=O)CCC(C)(C)C(N)=O)C(C)C)OCN2C(=O)OCOC(=O)C2(CO)CC2)C(C)C)ccc1OC. The van der Waals surface area contributed by atoms with Gasteiger partial charge in [-0.15, -0.1) is 0 Å². The molecule has 2 amide bonds. The van der Waals surface area contributed by atoms with Crippen LogP contribution in [0.25, 0.3) is 0 Å². The summed E-state index contributed by atoms with van der Waals surface area (Å²) < 4.78 is 33.6. The highest BCUT2D eigenvalue weighted by atomic mass is 16.7. The summed E-state index contributed by atoms with van der Waals surface area (Å²) in [5.41, 5.74) is 4.90. The molecule has 0 radical (unpaired) electrons. The number of Topliss-reactive ketones (excluding diaryl/α,β-unsaturated/α-hetero) is 1. The Morgan fingerprint density at radius 3 is 2.31 bits per heavy atom. The van der Waals surface area contributed by atoms with Gasteiger partial charge in [0.1, 0.15) is 12.5 Å². The van der Waals surface area contributed by atoms with E-state index in [1.807, 2.05) is 32.0 Å². The number of esters is 1. The Labute approximate surface area is 309 Å². The third-order valence-electron chi connectivity index (χ3n) is 10.8. The summed E-state index contributed by atoms with van der Waals surface area (Å²) in [6.45, 7) is 11.8. The number of rotatable bonds is 23. The number of carbonyl (C=O) groups excluding carboxylic acids is 4. The Morgan fingerprint density at radius 1 is 1.02 bits per heavy atom. The minimum absolute atomic E-state index is 0.0161. The normalized spacial score (nSPS) is 19.3. The average Bonchev–Trinajstić information content (AvgIpc) is 3.81. The maximum Gasteiger partial charge on any atom is 0.414 e. The largest absolute Gasteiger partial charge is 0.493 e. The van der Waals surface area contributed by atoms with Gasteiger partial charge in [-0.2, -0.15) is 0 Å². The lowest BCUT2D eigenvalue weighted by molar-refractivity contribution is -0.160. The predicted molar refractivity (Wildman–Crippen MR) is 193 cm³/mol. The van der Waals surface area contributed by atoms with Crippen molar-refractivity contribution in [3.63, 3.8) is 0 Å². The molecule has 3 N–H and O–H groups in total. The fraction of sp³-hybridized carbons (Fsp3) is 0.744. The minimum atomic E-state index is -0.900. The molecule has 1 saturated carbocycles. The Balaban J connectivity index is 1.83. The summed E-state index contributed by atoms with van der Waals surface area (Å²) in [4.78, 5) is 53.1. The van der Waals surface area contributed by atoms with Crippen LogP contribution in [-0.2, 0) is 39.8 Å². The summed E-state index contributed by atoms with van der Waals surface area (Å²) in [6.07, 6.45) is 2.77. The number of ketones is 1. The van der Waals surface area contributed by atoms with Crippen LogP contribution in [-0.4, -0.2) is 93.5 Å². The van der Waals surface area contributed by atoms with Crippen LogP contribution in [0.1, 0.15) is 92.1 Å². The lowest BCUT2D eigenvalue weighted by atomic mass is 9.78. The van der Waals surface area contributed by atoms with Gasteiger partial charge in [-0.05, 0) is 74.0 Å². The fourth-order valence-electron chi connectivity index (χ4n) is 6.54. The van der Waals surface area contributed by atoms with Crippen molar-refractivity contribution < 1.29 is 52.7 Å². The lowest BCUT2D eigenvalue weighted by Crippen LogP contribution is -2.43. The Hall–Kier alpha value is -3.42. The summed E-state index contributed by atoms with van der Waals surface area (Å²) in [5, 5.41) is 9.56. The van der Waals surface area contributed by atoms with Crippen LogP contribution in [0.3, 0.4) is 0 Å². The first-order valence-electron chi connectivity index (χ1n) is 18.5. The number of aliphatic hydroxyl groups excluding tert-OH is 1. The molecule has 52 heavy (non-hydrogen) atoms. The molecule has 1 aromatic carbocycles. The number of nitrogens with zero attached hydrogens (tertiary/aromatic N) is 1. The van der Waals surface area contributed by atoms with E-state index in [9.17, 15) is 24.3 Å². The molecule has 2 fully saturated rings. The highest BCUT2D eigenvalue weighted by molar-refractivity contribution is 5.84. The van der Waals surface area contributed by atoms with Gasteiger partial charge in [0.05, 0.1) is 37.9 Å². The number of carbonyl (C=O) groups is 4. The van der Waals surface area contributed by atoms with Gasteiger partial charge in [-0.25, -0.2) is 4.79 Å². The van der Waals surface area contributed by atoms with Crippen molar-refractivity contribution in [3.8, 4) is 11.5 Å². The zero-order valence-electron chi connectivity index (χ0n) is 32.4. The van der Waals surface area contributed by atoms with Crippen LogP contribution in [0.5, 0.6) is 11.5 Å². The van der Waals surface area contributed by atoms with Gasteiger partial charge in [0.2, 0.25) is 12.7 Å². The number of benzene rings is 1. The Morgan fingerprint density at radius 2 is 1.73 bits per heavy atom. The fourth-order valence-corrected chi connectivity index (χ4v) is 6.54. The van der Waals surface area contributed by atoms with E-state index in [1.165, 1.54) is 4.90 Å². The number of nitrogens with two attached hydrogens (primary N) is 1. The number of hydrogen-bond donors (Lipinski definition) is 2. The van der Waals surface area contributed by atoms with E-state index >= 15 is 0 Å². The quantitative estimate of drug-likeness (QED) is 0.0852. The summed E-state index contributed by atoms with van der Waals surface area (Å²) in [5.74, 6) is 0.161. The van der Waals surface area contributed by atoms with Crippen LogP contribution in [0.2, 0.25) is 0 Å². The molecule has 1 aliphatic carbocycles. The van der Waals surface area contributed by atoms with Crippen molar-refractivity contribution in [2.45, 2.75) is 105 Å². The molecule has 0 bridgehead atoms. The topological polar surface area (TPSA) is 173 Å². The molecule has 13 nitrogen and oxygen atoms in total. The van der Waals surface area contributed by atoms with Gasteiger partial charge in [0.25, 0.3) is 0 Å². The second kappa shape index (κ2) is 19.6. The van der Waals surface area contributed by atoms with Gasteiger partial charge >= 0.3 is 12.1 Å². The monoisotopic (exact) mass is 734 g/mol. The lowest BCUT2D eigenvalue weighted by Gasteiger charge is -2.33. The summed E-state index contributed by atoms with van der Waals surface area (Å²) >= 11 is 0. The van der Waals surface area contributed by atoms with E-state index in [-0.39, 0.29) is 49.2 Å². The summed E-state index contributed by atoms with van der Waals surface area (Å²) in [7, 11) is 3.26. The van der Waals surface area contributed by atoms with Gasteiger partial charge in [-0.3, -0.25) is 19.3 Å². The van der Waals surface area contributed by atoms with Gasteiger partial charge in [0, 0.05) is 37.9 Å². The maximum atomic E-state index is 13.6. The Bertz CT molecular complexity index is 1340. The van der Waals surface area contributed by atoms with Crippen molar-refractivity contribution in [2.75, 3.05) is 47.6 Å². The number of ether oxygens (including phenoxy) is 6. The molecule has 1 aliphatic heterocycles. The molecule has 0 unspecified atom stereocenters. The molecule has 2 aliphatic rings. The zero-order chi connectivity index (χ0) is 38.6. The van der Waals surface area contributed by atoms with Crippen molar-refractivity contribution >= 4 is 23.8 Å². The smallest absolute Gasteiger partial charge is 0.414 e. The molecule has 13 heteroatoms.